The van der Waals surface area contributed by atoms with E-state index in [0.717, 1.165) is 37.3 Å². The summed E-state index contributed by atoms with van der Waals surface area (Å²) in [6, 6.07) is 9.80. The molecule has 1 fully saturated rings. The van der Waals surface area contributed by atoms with Gasteiger partial charge in [0.05, 0.1) is 6.20 Å². The van der Waals surface area contributed by atoms with E-state index in [9.17, 15) is 4.79 Å². The van der Waals surface area contributed by atoms with E-state index >= 15 is 0 Å². The van der Waals surface area contributed by atoms with Gasteiger partial charge < -0.3 is 10.2 Å². The molecule has 0 unspecified atom stereocenters. The highest BCUT2D eigenvalue weighted by atomic mass is 16.2. The highest BCUT2D eigenvalue weighted by Crippen LogP contribution is 2.22. The normalized spacial score (nSPS) is 17.6. The lowest BCUT2D eigenvalue weighted by Gasteiger charge is -2.37. The van der Waals surface area contributed by atoms with E-state index in [4.69, 9.17) is 0 Å². The van der Waals surface area contributed by atoms with E-state index in [-0.39, 0.29) is 11.9 Å². The second-order valence-corrected chi connectivity index (χ2v) is 6.39. The molecule has 6 heteroatoms. The monoisotopic (exact) mass is 327 g/mol. The topological polar surface area (TPSA) is 53.4 Å². The van der Waals surface area contributed by atoms with Crippen molar-refractivity contribution in [1.29, 1.82) is 0 Å². The molecule has 24 heavy (non-hydrogen) atoms. The van der Waals surface area contributed by atoms with Crippen molar-refractivity contribution >= 4 is 5.91 Å². The van der Waals surface area contributed by atoms with Crippen LogP contribution in [0.5, 0.6) is 0 Å². The van der Waals surface area contributed by atoms with Crippen LogP contribution in [0.4, 0.5) is 0 Å². The van der Waals surface area contributed by atoms with Gasteiger partial charge in [-0.25, -0.2) is 0 Å². The van der Waals surface area contributed by atoms with Gasteiger partial charge in [0, 0.05) is 51.5 Å². The Hall–Kier alpha value is -2.18. The van der Waals surface area contributed by atoms with Crippen LogP contribution in [0.1, 0.15) is 17.2 Å². The van der Waals surface area contributed by atoms with Crippen LogP contribution in [0, 0.1) is 0 Å². The Morgan fingerprint density at radius 3 is 2.50 bits per heavy atom. The van der Waals surface area contributed by atoms with Crippen molar-refractivity contribution in [3.63, 3.8) is 0 Å². The molecule has 1 aliphatic heterocycles. The molecule has 2 heterocycles. The highest BCUT2D eigenvalue weighted by Gasteiger charge is 2.29. The van der Waals surface area contributed by atoms with Crippen molar-refractivity contribution in [2.45, 2.75) is 12.6 Å². The quantitative estimate of drug-likeness (QED) is 0.891. The number of hydrogen-bond acceptors (Lipinski definition) is 4. The molecule has 6 nitrogen and oxygen atoms in total. The van der Waals surface area contributed by atoms with Gasteiger partial charge in [0.15, 0.2) is 0 Å². The summed E-state index contributed by atoms with van der Waals surface area (Å²) in [6.07, 6.45) is 3.71. The lowest BCUT2D eigenvalue weighted by Crippen LogP contribution is -2.49. The maximum absolute atomic E-state index is 12.9. The number of carbonyl (C=O) groups is 1. The number of piperazine rings is 1. The predicted molar refractivity (Wildman–Crippen MR) is 93.3 cm³/mol. The van der Waals surface area contributed by atoms with Gasteiger partial charge in [0.2, 0.25) is 5.91 Å². The van der Waals surface area contributed by atoms with Crippen molar-refractivity contribution in [3.05, 3.63) is 53.9 Å². The summed E-state index contributed by atoms with van der Waals surface area (Å²) in [5.41, 5.74) is 2.06. The Morgan fingerprint density at radius 2 is 1.88 bits per heavy atom. The molecular formula is C18H25N5O. The molecule has 1 aromatic heterocycles. The van der Waals surface area contributed by atoms with Crippen LogP contribution in [-0.2, 0) is 18.4 Å². The Kier molecular flexibility index (Phi) is 5.27. The third-order valence-corrected chi connectivity index (χ3v) is 4.49. The number of nitrogens with one attached hydrogen (secondary N) is 1. The maximum Gasteiger partial charge on any atom is 0.242 e. The summed E-state index contributed by atoms with van der Waals surface area (Å²) in [4.78, 5) is 17.5. The second kappa shape index (κ2) is 7.59. The molecule has 128 valence electrons. The van der Waals surface area contributed by atoms with Gasteiger partial charge in [0.1, 0.15) is 6.04 Å². The molecule has 0 saturated carbocycles. The SMILES string of the molecule is CN1CCN([C@@H](C(=O)NCc2cnn(C)c2)c2ccccc2)CC1. The minimum Gasteiger partial charge on any atom is -0.350 e. The van der Waals surface area contributed by atoms with E-state index in [1.54, 1.807) is 10.9 Å². The number of amides is 1. The van der Waals surface area contributed by atoms with E-state index in [1.165, 1.54) is 0 Å². The van der Waals surface area contributed by atoms with E-state index < -0.39 is 0 Å². The first-order chi connectivity index (χ1) is 11.6. The van der Waals surface area contributed by atoms with Crippen molar-refractivity contribution in [3.8, 4) is 0 Å². The molecule has 1 N–H and O–H groups in total. The Labute approximate surface area is 143 Å². The van der Waals surface area contributed by atoms with Crippen LogP contribution in [0.3, 0.4) is 0 Å². The summed E-state index contributed by atoms with van der Waals surface area (Å²) in [5.74, 6) is 0.0506. The number of rotatable bonds is 5. The lowest BCUT2D eigenvalue weighted by molar-refractivity contribution is -0.127. The zero-order chi connectivity index (χ0) is 16.9. The Morgan fingerprint density at radius 1 is 1.17 bits per heavy atom. The van der Waals surface area contributed by atoms with Gasteiger partial charge in [-0.15, -0.1) is 0 Å². The number of hydrogen-bond donors (Lipinski definition) is 1. The maximum atomic E-state index is 12.9. The molecule has 1 aromatic carbocycles. The highest BCUT2D eigenvalue weighted by molar-refractivity contribution is 5.83. The first-order valence-corrected chi connectivity index (χ1v) is 8.36. The van der Waals surface area contributed by atoms with Gasteiger partial charge in [0.25, 0.3) is 0 Å². The minimum atomic E-state index is -0.239. The van der Waals surface area contributed by atoms with Crippen LogP contribution >= 0.6 is 0 Å². The van der Waals surface area contributed by atoms with E-state index in [1.807, 2.05) is 43.6 Å². The van der Waals surface area contributed by atoms with Crippen LogP contribution in [0.2, 0.25) is 0 Å². The smallest absolute Gasteiger partial charge is 0.242 e. The molecule has 3 rings (SSSR count). The summed E-state index contributed by atoms with van der Waals surface area (Å²) in [7, 11) is 4.00. The molecule has 1 saturated heterocycles. The molecule has 0 aliphatic carbocycles. The molecule has 1 amide bonds. The third-order valence-electron chi connectivity index (χ3n) is 4.49. The van der Waals surface area contributed by atoms with Gasteiger partial charge in [-0.05, 0) is 12.6 Å². The number of likely N-dealkylation sites (N-methyl/N-ethyl adjacent to an activating group) is 1. The predicted octanol–water partition coefficient (Wildman–Crippen LogP) is 1.03. The van der Waals surface area contributed by atoms with Crippen LogP contribution < -0.4 is 5.32 Å². The van der Waals surface area contributed by atoms with Crippen LogP contribution in [0.25, 0.3) is 0 Å². The number of nitrogens with zero attached hydrogens (tertiary/aromatic N) is 4. The molecule has 0 bridgehead atoms. The fraction of sp³-hybridized carbons (Fsp3) is 0.444. The lowest BCUT2D eigenvalue weighted by atomic mass is 10.0. The van der Waals surface area contributed by atoms with Gasteiger partial charge >= 0.3 is 0 Å². The van der Waals surface area contributed by atoms with E-state index in [0.29, 0.717) is 6.54 Å². The Balaban J connectivity index is 1.72. The fourth-order valence-corrected chi connectivity index (χ4v) is 3.09. The van der Waals surface area contributed by atoms with E-state index in [2.05, 4.69) is 27.3 Å². The molecule has 1 atom stereocenters. The van der Waals surface area contributed by atoms with Crippen LogP contribution in [-0.4, -0.2) is 58.7 Å². The average molecular weight is 327 g/mol. The molecule has 1 aliphatic rings. The average Bonchev–Trinajstić information content (AvgIpc) is 3.01. The standard InChI is InChI=1S/C18H25N5O/c1-21-8-10-23(11-9-21)17(16-6-4-3-5-7-16)18(24)19-12-15-13-20-22(2)14-15/h3-7,13-14,17H,8-12H2,1-2H3,(H,19,24)/t17-/m1/s1. The van der Waals surface area contributed by atoms with Crippen molar-refractivity contribution in [2.75, 3.05) is 33.2 Å². The van der Waals surface area contributed by atoms with Crippen LogP contribution in [0.15, 0.2) is 42.7 Å². The largest absolute Gasteiger partial charge is 0.350 e. The number of carbonyl (C=O) groups excluding carboxylic acids is 1. The number of aryl methyl sites for hydroxylation is 1. The van der Waals surface area contributed by atoms with Gasteiger partial charge in [-0.2, -0.15) is 5.10 Å². The van der Waals surface area contributed by atoms with Crippen molar-refractivity contribution < 1.29 is 4.79 Å². The molecular weight excluding hydrogens is 302 g/mol. The number of benzene rings is 1. The zero-order valence-corrected chi connectivity index (χ0v) is 14.4. The van der Waals surface area contributed by atoms with Crippen molar-refractivity contribution in [2.24, 2.45) is 7.05 Å². The first kappa shape index (κ1) is 16.7. The van der Waals surface area contributed by atoms with Gasteiger partial charge in [-0.3, -0.25) is 14.4 Å². The summed E-state index contributed by atoms with van der Waals surface area (Å²) in [5, 5.41) is 7.22. The first-order valence-electron chi connectivity index (χ1n) is 8.36. The Bertz CT molecular complexity index is 661. The number of aromatic nitrogens is 2. The molecule has 0 spiro atoms. The summed E-state index contributed by atoms with van der Waals surface area (Å²) >= 11 is 0. The van der Waals surface area contributed by atoms with Crippen molar-refractivity contribution in [1.82, 2.24) is 24.9 Å². The van der Waals surface area contributed by atoms with Gasteiger partial charge in [-0.1, -0.05) is 30.3 Å². The fourth-order valence-electron chi connectivity index (χ4n) is 3.09. The third kappa shape index (κ3) is 4.01. The summed E-state index contributed by atoms with van der Waals surface area (Å²) in [6.45, 7) is 4.27. The molecule has 2 aromatic rings. The minimum absolute atomic E-state index is 0.0506. The second-order valence-electron chi connectivity index (χ2n) is 6.39. The zero-order valence-electron chi connectivity index (χ0n) is 14.4. The summed E-state index contributed by atoms with van der Waals surface area (Å²) < 4.78 is 1.75. The molecule has 0 radical (unpaired) electrons.